The number of rotatable bonds is 3. The largest absolute Gasteiger partial charge is 0.488 e. The van der Waals surface area contributed by atoms with Crippen LogP contribution >= 0.6 is 0 Å². The van der Waals surface area contributed by atoms with Crippen molar-refractivity contribution in [2.45, 2.75) is 18.9 Å². The summed E-state index contributed by atoms with van der Waals surface area (Å²) in [7, 11) is 0. The summed E-state index contributed by atoms with van der Waals surface area (Å²) < 4.78 is 18.0. The number of ether oxygens (including phenoxy) is 1. The molecule has 1 saturated carbocycles. The van der Waals surface area contributed by atoms with E-state index in [1.165, 1.54) is 6.07 Å². The fraction of sp³-hybridized carbons (Fsp3) is 0.333. The SMILES string of the molecule is O=Cc1ncc(F)cc1OC1CC1. The van der Waals surface area contributed by atoms with Crippen molar-refractivity contribution in [3.63, 3.8) is 0 Å². The molecule has 0 bridgehead atoms. The van der Waals surface area contributed by atoms with Crippen molar-refractivity contribution in [3.05, 3.63) is 23.8 Å². The van der Waals surface area contributed by atoms with Gasteiger partial charge in [-0.3, -0.25) is 4.79 Å². The van der Waals surface area contributed by atoms with Crippen molar-refractivity contribution in [1.82, 2.24) is 4.98 Å². The summed E-state index contributed by atoms with van der Waals surface area (Å²) in [6.07, 6.45) is 3.65. The highest BCUT2D eigenvalue weighted by molar-refractivity contribution is 5.76. The molecule has 0 amide bonds. The monoisotopic (exact) mass is 181 g/mol. The molecule has 0 spiro atoms. The summed E-state index contributed by atoms with van der Waals surface area (Å²) in [4.78, 5) is 14.1. The fourth-order valence-electron chi connectivity index (χ4n) is 0.980. The molecule has 4 heteroatoms. The van der Waals surface area contributed by atoms with Gasteiger partial charge in [0.25, 0.3) is 0 Å². The van der Waals surface area contributed by atoms with Gasteiger partial charge in [-0.1, -0.05) is 0 Å². The van der Waals surface area contributed by atoms with Gasteiger partial charge in [-0.25, -0.2) is 9.37 Å². The summed E-state index contributed by atoms with van der Waals surface area (Å²) in [6, 6.07) is 1.19. The Morgan fingerprint density at radius 2 is 2.38 bits per heavy atom. The number of carbonyl (C=O) groups excluding carboxylic acids is 1. The minimum absolute atomic E-state index is 0.141. The molecule has 0 N–H and O–H groups in total. The van der Waals surface area contributed by atoms with Crippen LogP contribution in [0.5, 0.6) is 5.75 Å². The van der Waals surface area contributed by atoms with Crippen LogP contribution in [-0.2, 0) is 0 Å². The van der Waals surface area contributed by atoms with E-state index in [0.717, 1.165) is 19.0 Å². The van der Waals surface area contributed by atoms with Gasteiger partial charge < -0.3 is 4.74 Å². The van der Waals surface area contributed by atoms with Crippen LogP contribution in [0.3, 0.4) is 0 Å². The van der Waals surface area contributed by atoms with Crippen LogP contribution in [0.2, 0.25) is 0 Å². The number of hydrogen-bond acceptors (Lipinski definition) is 3. The van der Waals surface area contributed by atoms with Gasteiger partial charge in [0.1, 0.15) is 11.5 Å². The van der Waals surface area contributed by atoms with Gasteiger partial charge in [0.2, 0.25) is 0 Å². The smallest absolute Gasteiger partial charge is 0.172 e. The van der Waals surface area contributed by atoms with Gasteiger partial charge in [-0.05, 0) is 12.8 Å². The Bertz CT molecular complexity index is 336. The van der Waals surface area contributed by atoms with E-state index in [9.17, 15) is 9.18 Å². The van der Waals surface area contributed by atoms with E-state index in [1.807, 2.05) is 0 Å². The zero-order chi connectivity index (χ0) is 9.26. The number of halogens is 1. The molecule has 0 unspecified atom stereocenters. The predicted octanol–water partition coefficient (Wildman–Crippen LogP) is 1.57. The third-order valence-corrected chi connectivity index (χ3v) is 1.78. The molecule has 0 atom stereocenters. The van der Waals surface area contributed by atoms with Crippen molar-refractivity contribution in [1.29, 1.82) is 0 Å². The maximum Gasteiger partial charge on any atom is 0.172 e. The van der Waals surface area contributed by atoms with Crippen molar-refractivity contribution >= 4 is 6.29 Å². The first kappa shape index (κ1) is 8.16. The van der Waals surface area contributed by atoms with Crippen LogP contribution in [0.25, 0.3) is 0 Å². The minimum Gasteiger partial charge on any atom is -0.488 e. The number of pyridine rings is 1. The minimum atomic E-state index is -0.485. The number of aldehydes is 1. The van der Waals surface area contributed by atoms with Crippen molar-refractivity contribution in [2.75, 3.05) is 0 Å². The molecular formula is C9H8FNO2. The zero-order valence-corrected chi connectivity index (χ0v) is 6.87. The van der Waals surface area contributed by atoms with Gasteiger partial charge in [0.05, 0.1) is 12.3 Å². The van der Waals surface area contributed by atoms with E-state index < -0.39 is 5.82 Å². The Morgan fingerprint density at radius 1 is 1.62 bits per heavy atom. The molecule has 2 rings (SSSR count). The highest BCUT2D eigenvalue weighted by Gasteiger charge is 2.25. The third kappa shape index (κ3) is 1.83. The van der Waals surface area contributed by atoms with E-state index in [2.05, 4.69) is 4.98 Å². The molecule has 1 fully saturated rings. The lowest BCUT2D eigenvalue weighted by Gasteiger charge is -2.05. The molecule has 0 aliphatic heterocycles. The lowest BCUT2D eigenvalue weighted by atomic mass is 10.3. The molecule has 0 radical (unpaired) electrons. The number of aromatic nitrogens is 1. The van der Waals surface area contributed by atoms with Crippen molar-refractivity contribution in [3.8, 4) is 5.75 Å². The summed E-state index contributed by atoms with van der Waals surface area (Å²) in [5, 5.41) is 0. The average molecular weight is 181 g/mol. The van der Waals surface area contributed by atoms with Crippen molar-refractivity contribution in [2.24, 2.45) is 0 Å². The summed E-state index contributed by atoms with van der Waals surface area (Å²) in [5.74, 6) is -0.237. The normalized spacial score (nSPS) is 15.5. The molecule has 1 heterocycles. The predicted molar refractivity (Wildman–Crippen MR) is 43.2 cm³/mol. The molecule has 68 valence electrons. The van der Waals surface area contributed by atoms with Gasteiger partial charge in [0, 0.05) is 6.07 Å². The first-order valence-corrected chi connectivity index (χ1v) is 4.07. The molecule has 0 aromatic carbocycles. The maximum absolute atomic E-state index is 12.7. The Hall–Kier alpha value is -1.45. The highest BCUT2D eigenvalue weighted by atomic mass is 19.1. The standard InChI is InChI=1S/C9H8FNO2/c10-6-3-9(13-7-1-2-7)8(5-12)11-4-6/h3-5,7H,1-2H2. The van der Waals surface area contributed by atoms with Crippen LogP contribution in [0, 0.1) is 5.82 Å². The Kier molecular flexibility index (Phi) is 1.96. The first-order chi connectivity index (χ1) is 6.29. The Balaban J connectivity index is 2.27. The molecule has 0 saturated heterocycles. The van der Waals surface area contributed by atoms with Crippen LogP contribution in [0.15, 0.2) is 12.3 Å². The first-order valence-electron chi connectivity index (χ1n) is 4.07. The van der Waals surface area contributed by atoms with Gasteiger partial charge >= 0.3 is 0 Å². The van der Waals surface area contributed by atoms with E-state index in [4.69, 9.17) is 4.74 Å². The van der Waals surface area contributed by atoms with E-state index >= 15 is 0 Å². The quantitative estimate of drug-likeness (QED) is 0.664. The highest BCUT2D eigenvalue weighted by Crippen LogP contribution is 2.28. The molecule has 1 aliphatic rings. The Labute approximate surface area is 74.5 Å². The maximum atomic E-state index is 12.7. The topological polar surface area (TPSA) is 39.2 Å². The van der Waals surface area contributed by atoms with Gasteiger partial charge in [-0.15, -0.1) is 0 Å². The molecule has 1 aromatic heterocycles. The average Bonchev–Trinajstić information content (AvgIpc) is 2.89. The summed E-state index contributed by atoms with van der Waals surface area (Å²) in [5.41, 5.74) is 0.160. The van der Waals surface area contributed by atoms with Crippen LogP contribution < -0.4 is 4.74 Å². The molecule has 13 heavy (non-hydrogen) atoms. The summed E-state index contributed by atoms with van der Waals surface area (Å²) in [6.45, 7) is 0. The van der Waals surface area contributed by atoms with Crippen LogP contribution in [0.1, 0.15) is 23.3 Å². The van der Waals surface area contributed by atoms with E-state index in [0.29, 0.717) is 6.29 Å². The van der Waals surface area contributed by atoms with Crippen LogP contribution in [-0.4, -0.2) is 17.4 Å². The fourth-order valence-corrected chi connectivity index (χ4v) is 0.980. The Morgan fingerprint density at radius 3 is 3.00 bits per heavy atom. The van der Waals surface area contributed by atoms with Gasteiger partial charge in [0.15, 0.2) is 12.0 Å². The lowest BCUT2D eigenvalue weighted by Crippen LogP contribution is -2.01. The second kappa shape index (κ2) is 3.12. The van der Waals surface area contributed by atoms with Gasteiger partial charge in [-0.2, -0.15) is 0 Å². The molecule has 1 aliphatic carbocycles. The number of hydrogen-bond donors (Lipinski definition) is 0. The number of carbonyl (C=O) groups is 1. The van der Waals surface area contributed by atoms with E-state index in [1.54, 1.807) is 0 Å². The molecular weight excluding hydrogens is 173 g/mol. The van der Waals surface area contributed by atoms with Crippen molar-refractivity contribution < 1.29 is 13.9 Å². The molecule has 3 nitrogen and oxygen atoms in total. The second-order valence-electron chi connectivity index (χ2n) is 2.97. The number of nitrogens with zero attached hydrogens (tertiary/aromatic N) is 1. The van der Waals surface area contributed by atoms with E-state index in [-0.39, 0.29) is 17.5 Å². The second-order valence-corrected chi connectivity index (χ2v) is 2.97. The zero-order valence-electron chi connectivity index (χ0n) is 6.87. The molecule has 1 aromatic rings. The lowest BCUT2D eigenvalue weighted by molar-refractivity contribution is 0.111. The summed E-state index contributed by atoms with van der Waals surface area (Å²) >= 11 is 0. The van der Waals surface area contributed by atoms with Crippen LogP contribution in [0.4, 0.5) is 4.39 Å². The third-order valence-electron chi connectivity index (χ3n) is 1.78.